The highest BCUT2D eigenvalue weighted by molar-refractivity contribution is 7.17. The molecule has 0 bridgehead atoms. The molecule has 3 rings (SSSR count). The van der Waals surface area contributed by atoms with Gasteiger partial charge in [0, 0.05) is 30.9 Å². The second-order valence-electron chi connectivity index (χ2n) is 7.01. The van der Waals surface area contributed by atoms with Crippen molar-refractivity contribution in [3.8, 4) is 0 Å². The van der Waals surface area contributed by atoms with E-state index < -0.39 is 0 Å². The maximum absolute atomic E-state index is 13.2. The van der Waals surface area contributed by atoms with Crippen molar-refractivity contribution in [3.63, 3.8) is 0 Å². The molecule has 1 aromatic carbocycles. The molecule has 0 spiro atoms. The monoisotopic (exact) mass is 401 g/mol. The summed E-state index contributed by atoms with van der Waals surface area (Å²) < 4.78 is 5.10. The number of amides is 1. The Morgan fingerprint density at radius 3 is 2.46 bits per heavy atom. The fourth-order valence-electron chi connectivity index (χ4n) is 3.07. The van der Waals surface area contributed by atoms with Crippen LogP contribution in [0.3, 0.4) is 0 Å². The molecule has 7 heteroatoms. The summed E-state index contributed by atoms with van der Waals surface area (Å²) in [5, 5.41) is 0.570. The number of carbonyl (C=O) groups is 2. The van der Waals surface area contributed by atoms with Crippen molar-refractivity contribution < 1.29 is 14.3 Å². The van der Waals surface area contributed by atoms with Crippen LogP contribution >= 0.6 is 11.3 Å². The minimum Gasteiger partial charge on any atom is -0.462 e. The highest BCUT2D eigenvalue weighted by Gasteiger charge is 2.37. The van der Waals surface area contributed by atoms with Gasteiger partial charge in [-0.3, -0.25) is 9.69 Å². The summed E-state index contributed by atoms with van der Waals surface area (Å²) in [6.07, 6.45) is 2.98. The van der Waals surface area contributed by atoms with Crippen LogP contribution < -0.4 is 9.80 Å². The van der Waals surface area contributed by atoms with Crippen molar-refractivity contribution in [3.05, 3.63) is 40.4 Å². The highest BCUT2D eigenvalue weighted by Crippen LogP contribution is 2.37. The van der Waals surface area contributed by atoms with E-state index >= 15 is 0 Å². The van der Waals surface area contributed by atoms with E-state index in [-0.39, 0.29) is 17.9 Å². The van der Waals surface area contributed by atoms with E-state index in [9.17, 15) is 9.59 Å². The van der Waals surface area contributed by atoms with E-state index in [2.05, 4.69) is 16.8 Å². The number of rotatable bonds is 8. The molecule has 1 aliphatic rings. The Bertz CT molecular complexity index is 843. The molecule has 1 amide bonds. The van der Waals surface area contributed by atoms with Gasteiger partial charge in [-0.2, -0.15) is 0 Å². The zero-order valence-electron chi connectivity index (χ0n) is 16.9. The van der Waals surface area contributed by atoms with Gasteiger partial charge in [0.05, 0.1) is 12.3 Å². The van der Waals surface area contributed by atoms with Crippen molar-refractivity contribution in [2.24, 2.45) is 0 Å². The first kappa shape index (κ1) is 20.3. The molecule has 6 nitrogen and oxygen atoms in total. The second kappa shape index (κ2) is 8.73. The molecule has 0 aliphatic heterocycles. The number of esters is 1. The third-order valence-corrected chi connectivity index (χ3v) is 5.83. The van der Waals surface area contributed by atoms with E-state index in [0.717, 1.165) is 31.5 Å². The molecule has 28 heavy (non-hydrogen) atoms. The maximum atomic E-state index is 13.2. The van der Waals surface area contributed by atoms with Gasteiger partial charge in [0.15, 0.2) is 5.13 Å². The van der Waals surface area contributed by atoms with Gasteiger partial charge in [-0.05, 0) is 57.4 Å². The van der Waals surface area contributed by atoms with Crippen molar-refractivity contribution in [1.29, 1.82) is 0 Å². The molecule has 0 radical (unpaired) electrons. The first-order valence-corrected chi connectivity index (χ1v) is 10.6. The molecule has 1 aromatic heterocycles. The summed E-state index contributed by atoms with van der Waals surface area (Å²) in [5.74, 6) is -0.452. The second-order valence-corrected chi connectivity index (χ2v) is 7.98. The Hall–Kier alpha value is -2.41. The molecule has 0 unspecified atom stereocenters. The first-order chi connectivity index (χ1) is 13.5. The standard InChI is InChI=1S/C21H27N3O3S/c1-5-13-23(4)16-9-7-15(8-10-16)19(25)24(17-11-12-17)21-22-14(3)18(28-21)20(26)27-6-2/h7-10,17H,5-6,11-13H2,1-4H3. The summed E-state index contributed by atoms with van der Waals surface area (Å²) in [7, 11) is 2.05. The van der Waals surface area contributed by atoms with Crippen LogP contribution in [0.15, 0.2) is 24.3 Å². The fraction of sp³-hybridized carbons (Fsp3) is 0.476. The van der Waals surface area contributed by atoms with E-state index in [0.29, 0.717) is 27.9 Å². The Balaban J connectivity index is 1.84. The maximum Gasteiger partial charge on any atom is 0.350 e. The lowest BCUT2D eigenvalue weighted by Gasteiger charge is -2.21. The number of hydrogen-bond donors (Lipinski definition) is 0. The number of hydrogen-bond acceptors (Lipinski definition) is 6. The molecule has 1 saturated carbocycles. The normalized spacial score (nSPS) is 13.3. The van der Waals surface area contributed by atoms with Gasteiger partial charge >= 0.3 is 5.97 Å². The highest BCUT2D eigenvalue weighted by atomic mass is 32.1. The van der Waals surface area contributed by atoms with Crippen molar-refractivity contribution >= 4 is 34.0 Å². The molecule has 0 N–H and O–H groups in total. The zero-order valence-corrected chi connectivity index (χ0v) is 17.7. The number of aromatic nitrogens is 1. The molecule has 1 fully saturated rings. The zero-order chi connectivity index (χ0) is 20.3. The minimum atomic E-state index is -0.379. The third kappa shape index (κ3) is 4.35. The van der Waals surface area contributed by atoms with Crippen LogP contribution in [-0.4, -0.2) is 43.1 Å². The quantitative estimate of drug-likeness (QED) is 0.618. The van der Waals surface area contributed by atoms with E-state index in [4.69, 9.17) is 4.74 Å². The topological polar surface area (TPSA) is 62.7 Å². The summed E-state index contributed by atoms with van der Waals surface area (Å²) in [6.45, 7) is 6.98. The number of carbonyl (C=O) groups excluding carboxylic acids is 2. The molecular weight excluding hydrogens is 374 g/mol. The van der Waals surface area contributed by atoms with Gasteiger partial charge in [-0.25, -0.2) is 9.78 Å². The lowest BCUT2D eigenvalue weighted by Crippen LogP contribution is -2.33. The molecule has 1 heterocycles. The van der Waals surface area contributed by atoms with Crippen LogP contribution in [0.2, 0.25) is 0 Å². The van der Waals surface area contributed by atoms with Crippen LogP contribution in [0.1, 0.15) is 58.8 Å². The van der Waals surface area contributed by atoms with Crippen LogP contribution in [0.25, 0.3) is 0 Å². The number of ether oxygens (including phenoxy) is 1. The summed E-state index contributed by atoms with van der Waals surface area (Å²) in [5.41, 5.74) is 2.32. The largest absolute Gasteiger partial charge is 0.462 e. The Kier molecular flexibility index (Phi) is 6.34. The Morgan fingerprint density at radius 1 is 1.21 bits per heavy atom. The van der Waals surface area contributed by atoms with Gasteiger partial charge in [0.25, 0.3) is 5.91 Å². The number of thiazole rings is 1. The fourth-order valence-corrected chi connectivity index (χ4v) is 4.11. The summed E-state index contributed by atoms with van der Waals surface area (Å²) in [6, 6.07) is 7.84. The predicted octanol–water partition coefficient (Wildman–Crippen LogP) is 4.28. The van der Waals surface area contributed by atoms with Gasteiger partial charge < -0.3 is 9.64 Å². The average molecular weight is 402 g/mol. The average Bonchev–Trinajstić information content (AvgIpc) is 3.44. The smallest absolute Gasteiger partial charge is 0.350 e. The molecule has 0 atom stereocenters. The lowest BCUT2D eigenvalue weighted by molar-refractivity contribution is 0.0531. The van der Waals surface area contributed by atoms with E-state index in [1.54, 1.807) is 18.7 Å². The minimum absolute atomic E-state index is 0.0728. The van der Waals surface area contributed by atoms with Crippen molar-refractivity contribution in [2.45, 2.75) is 46.1 Å². The SMILES string of the molecule is CCCN(C)c1ccc(C(=O)N(c2nc(C)c(C(=O)OCC)s2)C2CC2)cc1. The van der Waals surface area contributed by atoms with Crippen molar-refractivity contribution in [2.75, 3.05) is 30.0 Å². The summed E-state index contributed by atoms with van der Waals surface area (Å²) in [4.78, 5) is 34.2. The molecular formula is C21H27N3O3S. The predicted molar refractivity (Wildman–Crippen MR) is 113 cm³/mol. The van der Waals surface area contributed by atoms with Crippen LogP contribution in [0.4, 0.5) is 10.8 Å². The van der Waals surface area contributed by atoms with Gasteiger partial charge in [0.2, 0.25) is 0 Å². The van der Waals surface area contributed by atoms with E-state index in [1.807, 2.05) is 31.3 Å². The number of nitrogens with zero attached hydrogens (tertiary/aromatic N) is 3. The van der Waals surface area contributed by atoms with Gasteiger partial charge in [0.1, 0.15) is 4.88 Å². The Labute approximate surface area is 170 Å². The van der Waals surface area contributed by atoms with Gasteiger partial charge in [-0.1, -0.05) is 18.3 Å². The van der Waals surface area contributed by atoms with Crippen LogP contribution in [0.5, 0.6) is 0 Å². The van der Waals surface area contributed by atoms with Gasteiger partial charge in [-0.15, -0.1) is 0 Å². The first-order valence-electron chi connectivity index (χ1n) is 9.75. The molecule has 2 aromatic rings. The lowest BCUT2D eigenvalue weighted by atomic mass is 10.1. The van der Waals surface area contributed by atoms with Crippen LogP contribution in [0, 0.1) is 6.92 Å². The molecule has 150 valence electrons. The number of aryl methyl sites for hydroxylation is 1. The van der Waals surface area contributed by atoms with Crippen LogP contribution in [-0.2, 0) is 4.74 Å². The third-order valence-electron chi connectivity index (χ3n) is 4.70. The van der Waals surface area contributed by atoms with E-state index in [1.165, 1.54) is 11.3 Å². The van der Waals surface area contributed by atoms with Crippen molar-refractivity contribution in [1.82, 2.24) is 4.98 Å². The molecule has 1 aliphatic carbocycles. The number of anilines is 2. The molecule has 0 saturated heterocycles. The Morgan fingerprint density at radius 2 is 1.89 bits per heavy atom. The number of benzene rings is 1. The summed E-state index contributed by atoms with van der Waals surface area (Å²) >= 11 is 1.23.